The highest BCUT2D eigenvalue weighted by Crippen LogP contribution is 2.42. The van der Waals surface area contributed by atoms with Gasteiger partial charge in [-0.25, -0.2) is 0 Å². The first kappa shape index (κ1) is 18.3. The second-order valence-electron chi connectivity index (χ2n) is 7.22. The monoisotopic (exact) mass is 371 g/mol. The van der Waals surface area contributed by atoms with Crippen molar-refractivity contribution in [2.75, 3.05) is 27.2 Å². The maximum Gasteiger partial charge on any atom is 0.149 e. The molecule has 142 valence electrons. The molecule has 0 saturated carbocycles. The Morgan fingerprint density at radius 2 is 1.57 bits per heavy atom. The second-order valence-corrected chi connectivity index (χ2v) is 7.22. The molecule has 1 unspecified atom stereocenters. The van der Waals surface area contributed by atoms with Crippen LogP contribution in [0.5, 0.6) is 11.5 Å². The van der Waals surface area contributed by atoms with Gasteiger partial charge in [0.05, 0.1) is 0 Å². The first-order valence-electron chi connectivity index (χ1n) is 9.61. The van der Waals surface area contributed by atoms with E-state index in [1.54, 1.807) is 0 Å². The number of fused-ring (bicyclic) bond motifs is 1. The van der Waals surface area contributed by atoms with E-state index in [2.05, 4.69) is 53.4 Å². The Bertz CT molecular complexity index is 946. The molecule has 1 aliphatic rings. The minimum atomic E-state index is -0.145. The minimum absolute atomic E-state index is 0.145. The number of para-hydroxylation sites is 1. The number of hydrogen-bond donors (Lipinski definition) is 0. The molecule has 0 spiro atoms. The second kappa shape index (κ2) is 8.32. The van der Waals surface area contributed by atoms with Crippen LogP contribution in [-0.4, -0.2) is 32.1 Å². The van der Waals surface area contributed by atoms with Crippen LogP contribution in [0.1, 0.15) is 22.8 Å². The molecule has 3 heteroatoms. The van der Waals surface area contributed by atoms with Crippen LogP contribution >= 0.6 is 0 Å². The molecule has 0 aliphatic carbocycles. The lowest BCUT2D eigenvalue weighted by molar-refractivity contribution is 0.257. The van der Waals surface area contributed by atoms with Crippen molar-refractivity contribution >= 4 is 11.6 Å². The van der Waals surface area contributed by atoms with Gasteiger partial charge < -0.3 is 14.4 Å². The summed E-state index contributed by atoms with van der Waals surface area (Å²) in [6.45, 7) is 1.57. The van der Waals surface area contributed by atoms with Gasteiger partial charge in [0.2, 0.25) is 0 Å². The van der Waals surface area contributed by atoms with Gasteiger partial charge in [-0.05, 0) is 49.5 Å². The largest absolute Gasteiger partial charge is 0.492 e. The highest BCUT2D eigenvalue weighted by molar-refractivity contribution is 5.87. The fraction of sp³-hybridized carbons (Fsp3) is 0.200. The van der Waals surface area contributed by atoms with E-state index in [9.17, 15) is 0 Å². The Labute approximate surface area is 166 Å². The maximum absolute atomic E-state index is 6.42. The Balaban J connectivity index is 1.62. The van der Waals surface area contributed by atoms with Crippen LogP contribution < -0.4 is 9.47 Å². The van der Waals surface area contributed by atoms with Crippen molar-refractivity contribution in [1.29, 1.82) is 0 Å². The van der Waals surface area contributed by atoms with Crippen LogP contribution in [0, 0.1) is 0 Å². The Kier molecular flexibility index (Phi) is 5.45. The summed E-state index contributed by atoms with van der Waals surface area (Å²) < 4.78 is 12.3. The number of benzene rings is 3. The molecular weight excluding hydrogens is 346 g/mol. The third kappa shape index (κ3) is 4.10. The van der Waals surface area contributed by atoms with E-state index in [1.165, 1.54) is 11.1 Å². The maximum atomic E-state index is 6.42. The van der Waals surface area contributed by atoms with Gasteiger partial charge in [0.1, 0.15) is 24.2 Å². The molecule has 0 N–H and O–H groups in total. The Hall–Kier alpha value is -3.04. The fourth-order valence-electron chi connectivity index (χ4n) is 3.34. The SMILES string of the molecule is CN(C)CCOc1ccc(C2Oc3ccccc3C=C2c2ccccc2)cc1. The van der Waals surface area contributed by atoms with Gasteiger partial charge in [0, 0.05) is 17.7 Å². The van der Waals surface area contributed by atoms with Crippen LogP contribution in [-0.2, 0) is 0 Å². The number of nitrogens with zero attached hydrogens (tertiary/aromatic N) is 1. The zero-order valence-electron chi connectivity index (χ0n) is 16.3. The molecule has 0 fully saturated rings. The van der Waals surface area contributed by atoms with Crippen molar-refractivity contribution in [3.63, 3.8) is 0 Å². The molecule has 3 aromatic carbocycles. The van der Waals surface area contributed by atoms with E-state index in [0.717, 1.165) is 29.2 Å². The van der Waals surface area contributed by atoms with Gasteiger partial charge in [0.15, 0.2) is 0 Å². The predicted octanol–water partition coefficient (Wildman–Crippen LogP) is 5.30. The number of likely N-dealkylation sites (N-methyl/N-ethyl adjacent to an activating group) is 1. The van der Waals surface area contributed by atoms with Crippen LogP contribution in [0.2, 0.25) is 0 Å². The molecule has 0 saturated heterocycles. The normalized spacial score (nSPS) is 15.5. The molecule has 4 rings (SSSR count). The summed E-state index contributed by atoms with van der Waals surface area (Å²) in [4.78, 5) is 2.11. The molecule has 1 heterocycles. The van der Waals surface area contributed by atoms with E-state index >= 15 is 0 Å². The average molecular weight is 371 g/mol. The first-order valence-corrected chi connectivity index (χ1v) is 9.61. The van der Waals surface area contributed by atoms with Crippen molar-refractivity contribution in [3.05, 3.63) is 95.6 Å². The third-order valence-corrected chi connectivity index (χ3v) is 4.85. The molecular formula is C25H25NO2. The van der Waals surface area contributed by atoms with Crippen molar-refractivity contribution in [2.45, 2.75) is 6.10 Å². The summed E-state index contributed by atoms with van der Waals surface area (Å²) in [5, 5.41) is 0. The van der Waals surface area contributed by atoms with E-state index < -0.39 is 0 Å². The topological polar surface area (TPSA) is 21.7 Å². The van der Waals surface area contributed by atoms with Gasteiger partial charge in [0.25, 0.3) is 0 Å². The molecule has 0 amide bonds. The molecule has 1 aliphatic heterocycles. The summed E-state index contributed by atoms with van der Waals surface area (Å²) in [5.74, 6) is 1.80. The highest BCUT2D eigenvalue weighted by atomic mass is 16.5. The summed E-state index contributed by atoms with van der Waals surface area (Å²) in [6.07, 6.45) is 2.09. The first-order chi connectivity index (χ1) is 13.7. The average Bonchev–Trinajstić information content (AvgIpc) is 2.74. The number of ether oxygens (including phenoxy) is 2. The molecule has 3 nitrogen and oxygen atoms in total. The number of rotatable bonds is 6. The van der Waals surface area contributed by atoms with Gasteiger partial charge in [-0.15, -0.1) is 0 Å². The van der Waals surface area contributed by atoms with Crippen LogP contribution in [0.4, 0.5) is 0 Å². The molecule has 0 bridgehead atoms. The zero-order chi connectivity index (χ0) is 19.3. The predicted molar refractivity (Wildman–Crippen MR) is 115 cm³/mol. The van der Waals surface area contributed by atoms with Crippen molar-refractivity contribution in [1.82, 2.24) is 4.90 Å². The highest BCUT2D eigenvalue weighted by Gasteiger charge is 2.25. The van der Waals surface area contributed by atoms with Crippen molar-refractivity contribution in [3.8, 4) is 11.5 Å². The molecule has 0 aromatic heterocycles. The quantitative estimate of drug-likeness (QED) is 0.587. The van der Waals surface area contributed by atoms with Gasteiger partial charge >= 0.3 is 0 Å². The van der Waals surface area contributed by atoms with Gasteiger partial charge in [-0.3, -0.25) is 0 Å². The van der Waals surface area contributed by atoms with Gasteiger partial charge in [-0.2, -0.15) is 0 Å². The lowest BCUT2D eigenvalue weighted by Gasteiger charge is -2.28. The standard InChI is InChI=1S/C25H25NO2/c1-26(2)16-17-27-22-14-12-20(13-15-22)25-23(19-8-4-3-5-9-19)18-21-10-6-7-11-24(21)28-25/h3-15,18,25H,16-17H2,1-2H3. The lowest BCUT2D eigenvalue weighted by atomic mass is 9.91. The molecule has 0 radical (unpaired) electrons. The Morgan fingerprint density at radius 3 is 2.32 bits per heavy atom. The van der Waals surface area contributed by atoms with Crippen molar-refractivity contribution < 1.29 is 9.47 Å². The summed E-state index contributed by atoms with van der Waals surface area (Å²) in [7, 11) is 4.09. The summed E-state index contributed by atoms with van der Waals surface area (Å²) in [6, 6.07) is 26.9. The summed E-state index contributed by atoms with van der Waals surface area (Å²) >= 11 is 0. The third-order valence-electron chi connectivity index (χ3n) is 4.85. The number of hydrogen-bond acceptors (Lipinski definition) is 3. The molecule has 28 heavy (non-hydrogen) atoms. The zero-order valence-corrected chi connectivity index (χ0v) is 16.3. The van der Waals surface area contributed by atoms with E-state index in [0.29, 0.717) is 6.61 Å². The lowest BCUT2D eigenvalue weighted by Crippen LogP contribution is -2.19. The van der Waals surface area contributed by atoms with Gasteiger partial charge in [-0.1, -0.05) is 60.7 Å². The molecule has 3 aromatic rings. The van der Waals surface area contributed by atoms with Crippen LogP contribution in [0.25, 0.3) is 11.6 Å². The smallest absolute Gasteiger partial charge is 0.149 e. The summed E-state index contributed by atoms with van der Waals surface area (Å²) in [5.41, 5.74) is 4.57. The van der Waals surface area contributed by atoms with Crippen molar-refractivity contribution in [2.24, 2.45) is 0 Å². The van der Waals surface area contributed by atoms with Crippen LogP contribution in [0.3, 0.4) is 0 Å². The van der Waals surface area contributed by atoms with E-state index in [1.807, 2.05) is 50.5 Å². The van der Waals surface area contributed by atoms with E-state index in [4.69, 9.17) is 9.47 Å². The fourth-order valence-corrected chi connectivity index (χ4v) is 3.34. The minimum Gasteiger partial charge on any atom is -0.492 e. The molecule has 1 atom stereocenters. The van der Waals surface area contributed by atoms with Crippen LogP contribution in [0.15, 0.2) is 78.9 Å². The Morgan fingerprint density at radius 1 is 0.857 bits per heavy atom. The van der Waals surface area contributed by atoms with E-state index in [-0.39, 0.29) is 6.10 Å².